The van der Waals surface area contributed by atoms with Gasteiger partial charge >= 0.3 is 0 Å². The van der Waals surface area contributed by atoms with E-state index in [2.05, 4.69) is 22.5 Å². The minimum atomic E-state index is -0.135. The molecule has 0 saturated carbocycles. The van der Waals surface area contributed by atoms with Crippen LogP contribution < -0.4 is 0 Å². The first-order chi connectivity index (χ1) is 9.51. The summed E-state index contributed by atoms with van der Waals surface area (Å²) >= 11 is 6.36. The number of fused-ring (bicyclic) bond motifs is 1. The van der Waals surface area contributed by atoms with Gasteiger partial charge in [0.2, 0.25) is 0 Å². The van der Waals surface area contributed by atoms with E-state index in [1.807, 2.05) is 20.0 Å². The third-order valence-electron chi connectivity index (χ3n) is 4.13. The van der Waals surface area contributed by atoms with E-state index in [1.54, 1.807) is 0 Å². The van der Waals surface area contributed by atoms with Gasteiger partial charge in [0.1, 0.15) is 11.3 Å². The fraction of sp³-hybridized carbons (Fsp3) is 0.600. The summed E-state index contributed by atoms with van der Waals surface area (Å²) in [6.45, 7) is 7.80. The van der Waals surface area contributed by atoms with Crippen LogP contribution in [0.3, 0.4) is 0 Å². The Balaban J connectivity index is 2.23. The first kappa shape index (κ1) is 13.8. The van der Waals surface area contributed by atoms with Crippen molar-refractivity contribution in [2.24, 2.45) is 0 Å². The van der Waals surface area contributed by atoms with Crippen LogP contribution in [0.15, 0.2) is 12.3 Å². The Morgan fingerprint density at radius 3 is 2.75 bits per heavy atom. The van der Waals surface area contributed by atoms with Gasteiger partial charge in [0.05, 0.1) is 5.38 Å². The molecule has 3 rings (SSSR count). The molecule has 2 aromatic heterocycles. The smallest absolute Gasteiger partial charge is 0.160 e. The zero-order chi connectivity index (χ0) is 14.3. The van der Waals surface area contributed by atoms with E-state index < -0.39 is 0 Å². The molecule has 0 radical (unpaired) electrons. The van der Waals surface area contributed by atoms with Crippen molar-refractivity contribution in [2.75, 3.05) is 13.2 Å². The molecule has 2 aromatic rings. The quantitative estimate of drug-likeness (QED) is 0.795. The van der Waals surface area contributed by atoms with Crippen LogP contribution in [0.4, 0.5) is 0 Å². The van der Waals surface area contributed by atoms with Gasteiger partial charge in [0.15, 0.2) is 5.65 Å². The zero-order valence-electron chi connectivity index (χ0n) is 12.2. The lowest BCUT2D eigenvalue weighted by Gasteiger charge is -2.36. The summed E-state index contributed by atoms with van der Waals surface area (Å²) in [5.41, 5.74) is 2.96. The van der Waals surface area contributed by atoms with E-state index in [-0.39, 0.29) is 10.9 Å². The molecular weight excluding hydrogens is 274 g/mol. The zero-order valence-corrected chi connectivity index (χ0v) is 12.9. The molecule has 1 saturated heterocycles. The highest BCUT2D eigenvalue weighted by molar-refractivity contribution is 6.20. The molecule has 5 heteroatoms. The molecular formula is C15H20ClN3O. The van der Waals surface area contributed by atoms with Crippen molar-refractivity contribution in [3.63, 3.8) is 0 Å². The fourth-order valence-electron chi connectivity index (χ4n) is 2.92. The Morgan fingerprint density at radius 1 is 1.40 bits per heavy atom. The number of hydrogen-bond acceptors (Lipinski definition) is 3. The average Bonchev–Trinajstić information content (AvgIpc) is 2.79. The third kappa shape index (κ3) is 2.21. The number of halogens is 1. The SMILES string of the molecule is Cc1cnc2c(c1)nc(C(C)Cl)n2C1(C)CCOCC1. The lowest BCUT2D eigenvalue weighted by atomic mass is 9.91. The predicted octanol–water partition coefficient (Wildman–Crippen LogP) is 3.57. The molecule has 108 valence electrons. The summed E-state index contributed by atoms with van der Waals surface area (Å²) in [6, 6.07) is 2.07. The lowest BCUT2D eigenvalue weighted by Crippen LogP contribution is -2.38. The lowest BCUT2D eigenvalue weighted by molar-refractivity contribution is 0.0298. The predicted molar refractivity (Wildman–Crippen MR) is 80.2 cm³/mol. The highest BCUT2D eigenvalue weighted by atomic mass is 35.5. The van der Waals surface area contributed by atoms with Crippen molar-refractivity contribution in [1.29, 1.82) is 0 Å². The molecule has 0 bridgehead atoms. The van der Waals surface area contributed by atoms with Gasteiger partial charge in [0, 0.05) is 24.9 Å². The van der Waals surface area contributed by atoms with Crippen LogP contribution in [0, 0.1) is 6.92 Å². The highest BCUT2D eigenvalue weighted by Gasteiger charge is 2.34. The van der Waals surface area contributed by atoms with E-state index in [4.69, 9.17) is 21.3 Å². The minimum absolute atomic E-state index is 0.0201. The number of pyridine rings is 1. The van der Waals surface area contributed by atoms with Gasteiger partial charge in [-0.25, -0.2) is 9.97 Å². The van der Waals surface area contributed by atoms with Crippen molar-refractivity contribution >= 4 is 22.8 Å². The van der Waals surface area contributed by atoms with Gasteiger partial charge in [-0.3, -0.25) is 0 Å². The third-order valence-corrected chi connectivity index (χ3v) is 4.32. The van der Waals surface area contributed by atoms with Gasteiger partial charge in [-0.05, 0) is 45.2 Å². The summed E-state index contributed by atoms with van der Waals surface area (Å²) in [7, 11) is 0. The molecule has 1 unspecified atom stereocenters. The van der Waals surface area contributed by atoms with E-state index in [0.717, 1.165) is 48.6 Å². The summed E-state index contributed by atoms with van der Waals surface area (Å²) in [6.07, 6.45) is 3.82. The summed E-state index contributed by atoms with van der Waals surface area (Å²) < 4.78 is 7.75. The van der Waals surface area contributed by atoms with Gasteiger partial charge in [-0.1, -0.05) is 0 Å². The Kier molecular flexibility index (Phi) is 3.46. The number of imidazole rings is 1. The molecule has 1 atom stereocenters. The second-order valence-corrected chi connectivity index (χ2v) is 6.54. The van der Waals surface area contributed by atoms with Crippen molar-refractivity contribution in [3.8, 4) is 0 Å². The van der Waals surface area contributed by atoms with E-state index in [1.165, 1.54) is 0 Å². The van der Waals surface area contributed by atoms with Crippen LogP contribution in [-0.4, -0.2) is 27.7 Å². The molecule has 3 heterocycles. The van der Waals surface area contributed by atoms with E-state index in [0.29, 0.717) is 0 Å². The normalized spacial score (nSPS) is 20.2. The molecule has 0 aliphatic carbocycles. The molecule has 20 heavy (non-hydrogen) atoms. The number of aryl methyl sites for hydroxylation is 1. The summed E-state index contributed by atoms with van der Waals surface area (Å²) in [5, 5.41) is -0.135. The van der Waals surface area contributed by atoms with Gasteiger partial charge < -0.3 is 9.30 Å². The Morgan fingerprint density at radius 2 is 2.10 bits per heavy atom. The summed E-state index contributed by atoms with van der Waals surface area (Å²) in [4.78, 5) is 9.33. The number of nitrogens with zero attached hydrogens (tertiary/aromatic N) is 3. The Labute approximate surface area is 124 Å². The Bertz CT molecular complexity index is 629. The molecule has 0 spiro atoms. The molecule has 1 fully saturated rings. The van der Waals surface area contributed by atoms with Crippen molar-refractivity contribution in [2.45, 2.75) is 44.5 Å². The highest BCUT2D eigenvalue weighted by Crippen LogP contribution is 2.36. The monoisotopic (exact) mass is 293 g/mol. The molecule has 1 aliphatic heterocycles. The van der Waals surface area contributed by atoms with Crippen LogP contribution in [-0.2, 0) is 10.3 Å². The average molecular weight is 294 g/mol. The molecule has 0 N–H and O–H groups in total. The van der Waals surface area contributed by atoms with E-state index in [9.17, 15) is 0 Å². The number of rotatable bonds is 2. The molecule has 0 amide bonds. The molecule has 0 aromatic carbocycles. The van der Waals surface area contributed by atoms with Crippen LogP contribution in [0.2, 0.25) is 0 Å². The standard InChI is InChI=1S/C15H20ClN3O/c1-10-8-12-14(17-9-10)19(13(18-12)11(2)16)15(3)4-6-20-7-5-15/h8-9,11H,4-7H2,1-3H3. The van der Waals surface area contributed by atoms with Crippen molar-refractivity contribution in [1.82, 2.24) is 14.5 Å². The maximum atomic E-state index is 6.36. The van der Waals surface area contributed by atoms with Crippen molar-refractivity contribution < 1.29 is 4.74 Å². The number of alkyl halides is 1. The fourth-order valence-corrected chi connectivity index (χ4v) is 3.06. The van der Waals surface area contributed by atoms with Crippen LogP contribution in [0.1, 0.15) is 43.5 Å². The summed E-state index contributed by atoms with van der Waals surface area (Å²) in [5.74, 6) is 0.907. The number of aromatic nitrogens is 3. The molecule has 4 nitrogen and oxygen atoms in total. The van der Waals surface area contributed by atoms with Crippen LogP contribution in [0.5, 0.6) is 0 Å². The number of hydrogen-bond donors (Lipinski definition) is 0. The largest absolute Gasteiger partial charge is 0.381 e. The van der Waals surface area contributed by atoms with Gasteiger partial charge in [-0.2, -0.15) is 0 Å². The second kappa shape index (κ2) is 5.01. The topological polar surface area (TPSA) is 39.9 Å². The maximum Gasteiger partial charge on any atom is 0.160 e. The Hall–Kier alpha value is -1.13. The minimum Gasteiger partial charge on any atom is -0.381 e. The van der Waals surface area contributed by atoms with E-state index >= 15 is 0 Å². The maximum absolute atomic E-state index is 6.36. The first-order valence-corrected chi connectivity index (χ1v) is 7.52. The van der Waals surface area contributed by atoms with Crippen LogP contribution in [0.25, 0.3) is 11.2 Å². The van der Waals surface area contributed by atoms with Crippen LogP contribution >= 0.6 is 11.6 Å². The molecule has 1 aliphatic rings. The van der Waals surface area contributed by atoms with Gasteiger partial charge in [0.25, 0.3) is 0 Å². The first-order valence-electron chi connectivity index (χ1n) is 7.08. The number of ether oxygens (including phenoxy) is 1. The van der Waals surface area contributed by atoms with Crippen molar-refractivity contribution in [3.05, 3.63) is 23.7 Å². The van der Waals surface area contributed by atoms with Gasteiger partial charge in [-0.15, -0.1) is 11.6 Å². The second-order valence-electron chi connectivity index (χ2n) is 5.89.